The maximum absolute atomic E-state index is 12.5. The maximum atomic E-state index is 12.5. The quantitative estimate of drug-likeness (QED) is 0.731. The van der Waals surface area contributed by atoms with E-state index in [9.17, 15) is 9.59 Å². The molecule has 3 rings (SSSR count). The summed E-state index contributed by atoms with van der Waals surface area (Å²) in [7, 11) is 0. The number of benzene rings is 1. The van der Waals surface area contributed by atoms with Gasteiger partial charge in [0.2, 0.25) is 0 Å². The predicted molar refractivity (Wildman–Crippen MR) is 94.3 cm³/mol. The van der Waals surface area contributed by atoms with Crippen molar-refractivity contribution in [2.24, 2.45) is 5.92 Å². The van der Waals surface area contributed by atoms with Crippen LogP contribution in [-0.4, -0.2) is 29.6 Å². The molecule has 5 nitrogen and oxygen atoms in total. The number of hydrogen-bond donors (Lipinski definition) is 3. The van der Waals surface area contributed by atoms with Gasteiger partial charge in [-0.05, 0) is 30.0 Å². The summed E-state index contributed by atoms with van der Waals surface area (Å²) in [5, 5.41) is 18.5. The summed E-state index contributed by atoms with van der Waals surface area (Å²) in [6, 6.07) is 8.56. The van der Waals surface area contributed by atoms with Crippen molar-refractivity contribution in [1.82, 2.24) is 5.32 Å². The van der Waals surface area contributed by atoms with Crippen LogP contribution in [0.5, 0.6) is 0 Å². The summed E-state index contributed by atoms with van der Waals surface area (Å²) in [5.74, 6) is -0.397. The molecule has 2 atom stereocenters. The first-order valence-electron chi connectivity index (χ1n) is 7.70. The van der Waals surface area contributed by atoms with E-state index in [4.69, 9.17) is 5.11 Å². The fourth-order valence-electron chi connectivity index (χ4n) is 2.64. The van der Waals surface area contributed by atoms with Gasteiger partial charge in [-0.3, -0.25) is 9.59 Å². The number of thiophene rings is 1. The molecule has 0 saturated heterocycles. The van der Waals surface area contributed by atoms with Crippen molar-refractivity contribution in [3.8, 4) is 0 Å². The number of carbonyl (C=O) groups excluding carboxylic acids is 2. The monoisotopic (exact) mass is 342 g/mol. The Kier molecular flexibility index (Phi) is 5.08. The Morgan fingerprint density at radius 3 is 2.71 bits per heavy atom. The molecule has 1 heterocycles. The smallest absolute Gasteiger partial charge is 0.256 e. The van der Waals surface area contributed by atoms with Crippen molar-refractivity contribution >= 4 is 28.8 Å². The molecule has 24 heavy (non-hydrogen) atoms. The molecular formula is C18H18N2O3S. The average Bonchev–Trinajstić information content (AvgIpc) is 3.27. The summed E-state index contributed by atoms with van der Waals surface area (Å²) in [6.07, 6.45) is 4.49. The van der Waals surface area contributed by atoms with E-state index < -0.39 is 0 Å². The van der Waals surface area contributed by atoms with E-state index in [0.717, 1.165) is 0 Å². The number of aliphatic hydroxyl groups is 1. The number of nitrogens with one attached hydrogen (secondary N) is 2. The van der Waals surface area contributed by atoms with Crippen molar-refractivity contribution < 1.29 is 14.7 Å². The minimum atomic E-state index is -0.246. The molecule has 2 amide bonds. The summed E-state index contributed by atoms with van der Waals surface area (Å²) in [4.78, 5) is 24.7. The summed E-state index contributed by atoms with van der Waals surface area (Å²) in [6.45, 7) is 0.0795. The zero-order valence-electron chi connectivity index (χ0n) is 12.9. The van der Waals surface area contributed by atoms with Crippen LogP contribution >= 0.6 is 11.3 Å². The van der Waals surface area contributed by atoms with Crippen LogP contribution in [0.4, 0.5) is 5.69 Å². The first kappa shape index (κ1) is 16.4. The largest absolute Gasteiger partial charge is 0.396 e. The highest BCUT2D eigenvalue weighted by Crippen LogP contribution is 2.20. The molecule has 6 heteroatoms. The zero-order chi connectivity index (χ0) is 16.9. The van der Waals surface area contributed by atoms with Crippen LogP contribution < -0.4 is 10.6 Å². The van der Waals surface area contributed by atoms with Gasteiger partial charge in [0, 0.05) is 23.9 Å². The van der Waals surface area contributed by atoms with E-state index in [1.165, 1.54) is 11.3 Å². The van der Waals surface area contributed by atoms with Crippen molar-refractivity contribution in [3.63, 3.8) is 0 Å². The van der Waals surface area contributed by atoms with E-state index in [1.54, 1.807) is 35.7 Å². The molecule has 0 fully saturated rings. The number of rotatable bonds is 5. The third kappa shape index (κ3) is 3.72. The molecule has 0 radical (unpaired) electrons. The van der Waals surface area contributed by atoms with Crippen LogP contribution in [0.25, 0.3) is 0 Å². The van der Waals surface area contributed by atoms with Crippen LogP contribution in [0.2, 0.25) is 0 Å². The lowest BCUT2D eigenvalue weighted by Gasteiger charge is -2.15. The fourth-order valence-corrected chi connectivity index (χ4v) is 3.28. The van der Waals surface area contributed by atoms with Gasteiger partial charge in [0.1, 0.15) is 0 Å². The first-order chi connectivity index (χ1) is 11.7. The molecular weight excluding hydrogens is 324 g/mol. The average molecular weight is 342 g/mol. The van der Waals surface area contributed by atoms with Gasteiger partial charge < -0.3 is 15.7 Å². The number of para-hydroxylation sites is 1. The second-order valence-electron chi connectivity index (χ2n) is 5.65. The van der Waals surface area contributed by atoms with Gasteiger partial charge >= 0.3 is 0 Å². The number of carbonyl (C=O) groups is 2. The van der Waals surface area contributed by atoms with Crippen LogP contribution in [0.3, 0.4) is 0 Å². The third-order valence-electron chi connectivity index (χ3n) is 3.93. The van der Waals surface area contributed by atoms with E-state index in [-0.39, 0.29) is 30.4 Å². The van der Waals surface area contributed by atoms with Crippen molar-refractivity contribution in [1.29, 1.82) is 0 Å². The Balaban J connectivity index is 1.71. The Bertz CT molecular complexity index is 755. The van der Waals surface area contributed by atoms with E-state index in [0.29, 0.717) is 23.2 Å². The molecule has 0 bridgehead atoms. The van der Waals surface area contributed by atoms with Crippen molar-refractivity contribution in [2.45, 2.75) is 12.5 Å². The van der Waals surface area contributed by atoms with Crippen molar-refractivity contribution in [2.75, 3.05) is 11.9 Å². The van der Waals surface area contributed by atoms with Gasteiger partial charge in [0.15, 0.2) is 0 Å². The highest BCUT2D eigenvalue weighted by Gasteiger charge is 2.21. The Labute approximate surface area is 144 Å². The summed E-state index contributed by atoms with van der Waals surface area (Å²) >= 11 is 1.44. The SMILES string of the molecule is O=C(Nc1ccccc1C(=O)N[C@@H]1C=C[C@H](CO)C1)c1ccsc1. The van der Waals surface area contributed by atoms with Crippen LogP contribution in [0, 0.1) is 5.92 Å². The van der Waals surface area contributed by atoms with Crippen molar-refractivity contribution in [3.05, 3.63) is 64.4 Å². The second-order valence-corrected chi connectivity index (χ2v) is 6.43. The molecule has 0 unspecified atom stereocenters. The highest BCUT2D eigenvalue weighted by molar-refractivity contribution is 7.08. The summed E-state index contributed by atoms with van der Waals surface area (Å²) in [5.41, 5.74) is 1.47. The molecule has 0 spiro atoms. The van der Waals surface area contributed by atoms with Crippen LogP contribution in [0.15, 0.2) is 53.2 Å². The molecule has 0 saturated carbocycles. The predicted octanol–water partition coefficient (Wildman–Crippen LogP) is 2.67. The van der Waals surface area contributed by atoms with Gasteiger partial charge in [-0.25, -0.2) is 0 Å². The Morgan fingerprint density at radius 2 is 2.00 bits per heavy atom. The fraction of sp³-hybridized carbons (Fsp3) is 0.222. The van der Waals surface area contributed by atoms with Gasteiger partial charge in [-0.2, -0.15) is 11.3 Å². The normalized spacial score (nSPS) is 19.2. The minimum Gasteiger partial charge on any atom is -0.396 e. The van der Waals surface area contributed by atoms with E-state index in [2.05, 4.69) is 10.6 Å². The molecule has 3 N–H and O–H groups in total. The minimum absolute atomic E-state index is 0.0795. The highest BCUT2D eigenvalue weighted by atomic mass is 32.1. The lowest BCUT2D eigenvalue weighted by molar-refractivity contribution is 0.0942. The first-order valence-corrected chi connectivity index (χ1v) is 8.64. The van der Waals surface area contributed by atoms with Crippen LogP contribution in [0.1, 0.15) is 27.1 Å². The molecule has 0 aliphatic heterocycles. The summed E-state index contributed by atoms with van der Waals surface area (Å²) < 4.78 is 0. The molecule has 1 aromatic heterocycles. The molecule has 1 aliphatic carbocycles. The Morgan fingerprint density at radius 1 is 1.17 bits per heavy atom. The number of aliphatic hydroxyl groups excluding tert-OH is 1. The number of anilines is 1. The number of amides is 2. The third-order valence-corrected chi connectivity index (χ3v) is 4.61. The van der Waals surface area contributed by atoms with Gasteiger partial charge in [-0.1, -0.05) is 24.3 Å². The maximum Gasteiger partial charge on any atom is 0.256 e. The second kappa shape index (κ2) is 7.42. The van der Waals surface area contributed by atoms with Gasteiger partial charge in [-0.15, -0.1) is 0 Å². The van der Waals surface area contributed by atoms with Gasteiger partial charge in [0.05, 0.1) is 16.8 Å². The molecule has 2 aromatic rings. The van der Waals surface area contributed by atoms with E-state index in [1.807, 2.05) is 17.5 Å². The molecule has 1 aromatic carbocycles. The standard InChI is InChI=1S/C18H18N2O3S/c21-10-12-5-6-14(9-12)19-18(23)15-3-1-2-4-16(15)20-17(22)13-7-8-24-11-13/h1-8,11-12,14,21H,9-10H2,(H,19,23)(H,20,22)/t12-,14+/m0/s1. The number of hydrogen-bond acceptors (Lipinski definition) is 4. The lowest BCUT2D eigenvalue weighted by atomic mass is 10.1. The molecule has 124 valence electrons. The topological polar surface area (TPSA) is 78.4 Å². The van der Waals surface area contributed by atoms with E-state index >= 15 is 0 Å². The lowest BCUT2D eigenvalue weighted by Crippen LogP contribution is -2.33. The zero-order valence-corrected chi connectivity index (χ0v) is 13.8. The Hall–Kier alpha value is -2.44. The van der Waals surface area contributed by atoms with Crippen LogP contribution in [-0.2, 0) is 0 Å². The molecule has 1 aliphatic rings. The van der Waals surface area contributed by atoms with Gasteiger partial charge in [0.25, 0.3) is 11.8 Å².